The van der Waals surface area contributed by atoms with Crippen molar-refractivity contribution in [2.24, 2.45) is 5.92 Å². The standard InChI is InChI=1S/C17H23ClN2O2/c1-2-19-11-12-5-7-20(8-6-12)17(21)16-10-13-9-14(18)3-4-15(13)22-16/h3-4,9,12,16,19H,2,5-8,10-11H2,1H3. The van der Waals surface area contributed by atoms with Crippen molar-refractivity contribution in [1.82, 2.24) is 10.2 Å². The van der Waals surface area contributed by atoms with E-state index in [0.29, 0.717) is 17.4 Å². The van der Waals surface area contributed by atoms with Crippen LogP contribution in [0, 0.1) is 5.92 Å². The van der Waals surface area contributed by atoms with Crippen molar-refractivity contribution >= 4 is 17.5 Å². The Balaban J connectivity index is 1.54. The number of benzene rings is 1. The summed E-state index contributed by atoms with van der Waals surface area (Å²) >= 11 is 6.00. The molecule has 22 heavy (non-hydrogen) atoms. The number of carbonyl (C=O) groups is 1. The number of rotatable bonds is 4. The van der Waals surface area contributed by atoms with Crippen molar-refractivity contribution in [2.45, 2.75) is 32.3 Å². The third-order valence-electron chi connectivity index (χ3n) is 4.58. The molecular weight excluding hydrogens is 300 g/mol. The van der Waals surface area contributed by atoms with Crippen LogP contribution in [0.1, 0.15) is 25.3 Å². The smallest absolute Gasteiger partial charge is 0.263 e. The molecule has 4 nitrogen and oxygen atoms in total. The van der Waals surface area contributed by atoms with Crippen molar-refractivity contribution in [3.05, 3.63) is 28.8 Å². The van der Waals surface area contributed by atoms with E-state index in [4.69, 9.17) is 16.3 Å². The Hall–Kier alpha value is -1.26. The minimum Gasteiger partial charge on any atom is -0.480 e. The zero-order valence-corrected chi connectivity index (χ0v) is 13.7. The Kier molecular flexibility index (Phi) is 4.89. The topological polar surface area (TPSA) is 41.6 Å². The number of ether oxygens (including phenoxy) is 1. The van der Waals surface area contributed by atoms with E-state index in [1.165, 1.54) is 0 Å². The maximum atomic E-state index is 12.6. The molecule has 0 bridgehead atoms. The van der Waals surface area contributed by atoms with E-state index in [1.807, 2.05) is 17.0 Å². The molecule has 0 aliphatic carbocycles. The van der Waals surface area contributed by atoms with Gasteiger partial charge in [-0.2, -0.15) is 0 Å². The second kappa shape index (κ2) is 6.88. The number of nitrogens with one attached hydrogen (secondary N) is 1. The highest BCUT2D eigenvalue weighted by Gasteiger charge is 2.34. The van der Waals surface area contributed by atoms with Crippen molar-refractivity contribution in [3.8, 4) is 5.75 Å². The average Bonchev–Trinajstić information content (AvgIpc) is 2.95. The van der Waals surface area contributed by atoms with Crippen LogP contribution in [-0.2, 0) is 11.2 Å². The highest BCUT2D eigenvalue weighted by Crippen LogP contribution is 2.32. The summed E-state index contributed by atoms with van der Waals surface area (Å²) in [6.45, 7) is 5.87. The summed E-state index contributed by atoms with van der Waals surface area (Å²) in [5.41, 5.74) is 1.04. The zero-order valence-electron chi connectivity index (χ0n) is 13.0. The van der Waals surface area contributed by atoms with Gasteiger partial charge in [-0.1, -0.05) is 18.5 Å². The minimum absolute atomic E-state index is 0.120. The first-order valence-electron chi connectivity index (χ1n) is 8.12. The van der Waals surface area contributed by atoms with E-state index in [1.54, 1.807) is 6.07 Å². The molecule has 1 fully saturated rings. The predicted octanol–water partition coefficient (Wildman–Crippen LogP) is 2.49. The summed E-state index contributed by atoms with van der Waals surface area (Å²) in [6, 6.07) is 5.56. The lowest BCUT2D eigenvalue weighted by atomic mass is 9.96. The molecule has 0 aromatic heterocycles. The second-order valence-electron chi connectivity index (χ2n) is 6.14. The maximum absolute atomic E-state index is 12.6. The summed E-state index contributed by atoms with van der Waals surface area (Å²) in [6.07, 6.45) is 2.40. The lowest BCUT2D eigenvalue weighted by Gasteiger charge is -2.33. The normalized spacial score (nSPS) is 21.5. The van der Waals surface area contributed by atoms with Gasteiger partial charge in [-0.15, -0.1) is 0 Å². The molecule has 1 saturated heterocycles. The fourth-order valence-corrected chi connectivity index (χ4v) is 3.46. The van der Waals surface area contributed by atoms with Crippen LogP contribution in [0.5, 0.6) is 5.75 Å². The maximum Gasteiger partial charge on any atom is 0.263 e. The number of hydrogen-bond donors (Lipinski definition) is 1. The molecule has 0 spiro atoms. The van der Waals surface area contributed by atoms with Crippen molar-refractivity contribution in [2.75, 3.05) is 26.2 Å². The van der Waals surface area contributed by atoms with Gasteiger partial charge in [0, 0.05) is 24.5 Å². The van der Waals surface area contributed by atoms with Crippen molar-refractivity contribution in [1.29, 1.82) is 0 Å². The molecule has 1 aromatic rings. The summed E-state index contributed by atoms with van der Waals surface area (Å²) in [4.78, 5) is 14.6. The van der Waals surface area contributed by atoms with E-state index in [-0.39, 0.29) is 12.0 Å². The summed E-state index contributed by atoms with van der Waals surface area (Å²) in [5, 5.41) is 4.09. The number of likely N-dealkylation sites (tertiary alicyclic amines) is 1. The van der Waals surface area contributed by atoms with Gasteiger partial charge in [0.15, 0.2) is 6.10 Å². The molecule has 1 aromatic carbocycles. The average molecular weight is 323 g/mol. The number of hydrogen-bond acceptors (Lipinski definition) is 3. The molecular formula is C17H23ClN2O2. The lowest BCUT2D eigenvalue weighted by molar-refractivity contribution is -0.139. The summed E-state index contributed by atoms with van der Waals surface area (Å²) in [7, 11) is 0. The molecule has 1 unspecified atom stereocenters. The fourth-order valence-electron chi connectivity index (χ4n) is 3.26. The van der Waals surface area contributed by atoms with Crippen LogP contribution >= 0.6 is 11.6 Å². The van der Waals surface area contributed by atoms with Crippen LogP contribution in [0.3, 0.4) is 0 Å². The highest BCUT2D eigenvalue weighted by molar-refractivity contribution is 6.30. The van der Waals surface area contributed by atoms with E-state index in [0.717, 1.165) is 50.3 Å². The molecule has 3 rings (SSSR count). The van der Waals surface area contributed by atoms with Gasteiger partial charge in [-0.05, 0) is 55.6 Å². The molecule has 0 saturated carbocycles. The van der Waals surface area contributed by atoms with E-state index in [2.05, 4.69) is 12.2 Å². The monoisotopic (exact) mass is 322 g/mol. The van der Waals surface area contributed by atoms with Gasteiger partial charge in [-0.3, -0.25) is 4.79 Å². The number of fused-ring (bicyclic) bond motifs is 1. The van der Waals surface area contributed by atoms with Gasteiger partial charge in [0.05, 0.1) is 0 Å². The Morgan fingerprint density at radius 3 is 2.91 bits per heavy atom. The number of carbonyl (C=O) groups excluding carboxylic acids is 1. The number of halogens is 1. The Labute approximate surface area is 136 Å². The highest BCUT2D eigenvalue weighted by atomic mass is 35.5. The lowest BCUT2D eigenvalue weighted by Crippen LogP contribution is -2.46. The molecule has 1 N–H and O–H groups in total. The number of amides is 1. The van der Waals surface area contributed by atoms with Crippen LogP contribution in [0.2, 0.25) is 5.02 Å². The zero-order chi connectivity index (χ0) is 15.5. The molecule has 2 aliphatic rings. The van der Waals surface area contributed by atoms with Crippen LogP contribution in [0.25, 0.3) is 0 Å². The Bertz CT molecular complexity index is 541. The summed E-state index contributed by atoms with van der Waals surface area (Å²) in [5.74, 6) is 1.60. The van der Waals surface area contributed by atoms with Crippen LogP contribution in [0.15, 0.2) is 18.2 Å². The third-order valence-corrected chi connectivity index (χ3v) is 4.82. The first-order valence-corrected chi connectivity index (χ1v) is 8.49. The minimum atomic E-state index is -0.376. The quantitative estimate of drug-likeness (QED) is 0.926. The first-order chi connectivity index (χ1) is 10.7. The molecule has 1 amide bonds. The first kappa shape index (κ1) is 15.6. The van der Waals surface area contributed by atoms with Crippen molar-refractivity contribution in [3.63, 3.8) is 0 Å². The third kappa shape index (κ3) is 3.39. The molecule has 2 aliphatic heterocycles. The molecule has 2 heterocycles. The van der Waals surface area contributed by atoms with Gasteiger partial charge in [0.2, 0.25) is 0 Å². The molecule has 5 heteroatoms. The van der Waals surface area contributed by atoms with Crippen LogP contribution in [0.4, 0.5) is 0 Å². The van der Waals surface area contributed by atoms with Crippen LogP contribution in [-0.4, -0.2) is 43.1 Å². The molecule has 1 atom stereocenters. The van der Waals surface area contributed by atoms with Gasteiger partial charge in [0.1, 0.15) is 5.75 Å². The van der Waals surface area contributed by atoms with Gasteiger partial charge < -0.3 is 15.0 Å². The van der Waals surface area contributed by atoms with E-state index >= 15 is 0 Å². The summed E-state index contributed by atoms with van der Waals surface area (Å²) < 4.78 is 5.81. The Morgan fingerprint density at radius 1 is 1.41 bits per heavy atom. The van der Waals surface area contributed by atoms with Crippen molar-refractivity contribution < 1.29 is 9.53 Å². The predicted molar refractivity (Wildman–Crippen MR) is 87.4 cm³/mol. The molecule has 0 radical (unpaired) electrons. The SMILES string of the molecule is CCNCC1CCN(C(=O)C2Cc3cc(Cl)ccc3O2)CC1. The fraction of sp³-hybridized carbons (Fsp3) is 0.588. The van der Waals surface area contributed by atoms with Gasteiger partial charge in [-0.25, -0.2) is 0 Å². The Morgan fingerprint density at radius 2 is 2.18 bits per heavy atom. The van der Waals surface area contributed by atoms with Gasteiger partial charge >= 0.3 is 0 Å². The van der Waals surface area contributed by atoms with E-state index in [9.17, 15) is 4.79 Å². The van der Waals surface area contributed by atoms with Gasteiger partial charge in [0.25, 0.3) is 5.91 Å². The number of nitrogens with zero attached hydrogens (tertiary/aromatic N) is 1. The molecule has 120 valence electrons. The van der Waals surface area contributed by atoms with E-state index < -0.39 is 0 Å². The number of piperidine rings is 1. The largest absolute Gasteiger partial charge is 0.480 e. The second-order valence-corrected chi connectivity index (χ2v) is 6.58. The van der Waals surface area contributed by atoms with Crippen LogP contribution < -0.4 is 10.1 Å².